The molecule has 0 unspecified atom stereocenters. The third-order valence-electron chi connectivity index (χ3n) is 13.9. The molecule has 13 nitrogen and oxygen atoms in total. The number of aliphatic hydroxyl groups excluding tert-OH is 3. The SMILES string of the molecule is CO[C@H]1C[C@@H](C[C@@H](C)[C@@H]2CC(=O)[C@@H](C)/C=C(\C)[C@H](O)CC(=O)[C@H](C)C[C@H](C)/C=C/C=C/C=C(\C)[C@H](O)C[C@@H]3CC[C@@H](C)[C@@](O)(O3)C(=O)C(=O)N3CCCC[C@H]3C(=O)O2)CC[C@@H]1O. The molecule has 2 saturated heterocycles. The molecule has 0 aromatic heterocycles. The number of Topliss-reactive ketones (excluding diaryl/α,β-unsaturated/α-hetero) is 3. The van der Waals surface area contributed by atoms with Crippen molar-refractivity contribution in [3.8, 4) is 0 Å². The van der Waals surface area contributed by atoms with Gasteiger partial charge in [-0.05, 0) is 107 Å². The summed E-state index contributed by atoms with van der Waals surface area (Å²) in [6, 6.07) is -1.14. The van der Waals surface area contributed by atoms with Gasteiger partial charge in [0, 0.05) is 50.7 Å². The van der Waals surface area contributed by atoms with Crippen LogP contribution in [0.3, 0.4) is 0 Å². The largest absolute Gasteiger partial charge is 0.460 e. The molecule has 1 amide bonds. The van der Waals surface area contributed by atoms with Crippen LogP contribution in [0.5, 0.6) is 0 Å². The van der Waals surface area contributed by atoms with Crippen molar-refractivity contribution in [2.45, 2.75) is 180 Å². The van der Waals surface area contributed by atoms with E-state index in [-0.39, 0.29) is 73.6 Å². The molecule has 13 heteroatoms. The van der Waals surface area contributed by atoms with Crippen molar-refractivity contribution in [3.05, 3.63) is 47.6 Å². The van der Waals surface area contributed by atoms with Crippen molar-refractivity contribution < 1.29 is 58.6 Å². The average Bonchev–Trinajstić information content (AvgIpc) is 3.23. The number of nitrogens with zero attached hydrogens (tertiary/aromatic N) is 1. The van der Waals surface area contributed by atoms with Gasteiger partial charge < -0.3 is 39.5 Å². The van der Waals surface area contributed by atoms with E-state index >= 15 is 0 Å². The zero-order chi connectivity index (χ0) is 45.9. The number of fused-ring (bicyclic) bond motifs is 3. The van der Waals surface area contributed by atoms with Gasteiger partial charge in [0.25, 0.3) is 11.7 Å². The van der Waals surface area contributed by atoms with E-state index < -0.39 is 71.8 Å². The van der Waals surface area contributed by atoms with Gasteiger partial charge in [0.1, 0.15) is 23.7 Å². The van der Waals surface area contributed by atoms with Crippen molar-refractivity contribution in [2.75, 3.05) is 13.7 Å². The fourth-order valence-electron chi connectivity index (χ4n) is 9.51. The van der Waals surface area contributed by atoms with E-state index in [4.69, 9.17) is 14.2 Å². The summed E-state index contributed by atoms with van der Waals surface area (Å²) in [5.74, 6) is -7.65. The number of ketones is 3. The molecular formula is C49H75NO12. The van der Waals surface area contributed by atoms with Crippen LogP contribution in [0, 0.1) is 35.5 Å². The van der Waals surface area contributed by atoms with Crippen LogP contribution in [0.25, 0.3) is 0 Å². The van der Waals surface area contributed by atoms with Gasteiger partial charge in [0.2, 0.25) is 5.79 Å². The molecule has 2 bridgehead atoms. The molecule has 3 aliphatic heterocycles. The Morgan fingerprint density at radius 1 is 0.839 bits per heavy atom. The predicted octanol–water partition coefficient (Wildman–Crippen LogP) is 5.90. The van der Waals surface area contributed by atoms with Gasteiger partial charge in [-0.2, -0.15) is 0 Å². The molecule has 62 heavy (non-hydrogen) atoms. The molecule has 0 aromatic rings. The van der Waals surface area contributed by atoms with Gasteiger partial charge in [0.05, 0.1) is 30.5 Å². The van der Waals surface area contributed by atoms with Crippen LogP contribution in [0.2, 0.25) is 0 Å². The smallest absolute Gasteiger partial charge is 0.329 e. The Labute approximate surface area is 369 Å². The minimum absolute atomic E-state index is 0.0622. The van der Waals surface area contributed by atoms with Crippen molar-refractivity contribution in [1.82, 2.24) is 4.90 Å². The van der Waals surface area contributed by atoms with E-state index in [0.29, 0.717) is 62.5 Å². The zero-order valence-electron chi connectivity index (χ0n) is 38.4. The van der Waals surface area contributed by atoms with E-state index in [9.17, 15) is 44.4 Å². The Balaban J connectivity index is 1.66. The summed E-state index contributed by atoms with van der Waals surface area (Å²) in [6.45, 7) is 12.6. The van der Waals surface area contributed by atoms with Crippen molar-refractivity contribution in [1.29, 1.82) is 0 Å². The van der Waals surface area contributed by atoms with Gasteiger partial charge in [-0.1, -0.05) is 71.1 Å². The number of carbonyl (C=O) groups is 5. The predicted molar refractivity (Wildman–Crippen MR) is 234 cm³/mol. The molecule has 3 heterocycles. The number of amides is 1. The van der Waals surface area contributed by atoms with Gasteiger partial charge in [-0.25, -0.2) is 4.79 Å². The molecule has 4 aliphatic rings. The van der Waals surface area contributed by atoms with Crippen LogP contribution in [0.4, 0.5) is 0 Å². The first-order valence-electron chi connectivity index (χ1n) is 23.0. The number of hydrogen-bond acceptors (Lipinski definition) is 12. The Bertz CT molecular complexity index is 1690. The number of hydrogen-bond donors (Lipinski definition) is 4. The molecule has 0 radical (unpaired) electrons. The summed E-state index contributed by atoms with van der Waals surface area (Å²) >= 11 is 0. The topological polar surface area (TPSA) is 197 Å². The Hall–Kier alpha value is -3.33. The Morgan fingerprint density at radius 3 is 2.27 bits per heavy atom. The second-order valence-electron chi connectivity index (χ2n) is 19.1. The highest BCUT2D eigenvalue weighted by Gasteiger charge is 2.53. The Morgan fingerprint density at radius 2 is 1.56 bits per heavy atom. The van der Waals surface area contributed by atoms with Crippen molar-refractivity contribution >= 4 is 29.2 Å². The van der Waals surface area contributed by atoms with Crippen LogP contribution in [-0.2, 0) is 38.2 Å². The monoisotopic (exact) mass is 870 g/mol. The lowest BCUT2D eigenvalue weighted by Crippen LogP contribution is -2.61. The van der Waals surface area contributed by atoms with Gasteiger partial charge in [-0.15, -0.1) is 0 Å². The highest BCUT2D eigenvalue weighted by molar-refractivity contribution is 6.39. The zero-order valence-corrected chi connectivity index (χ0v) is 38.4. The molecule has 3 fully saturated rings. The number of rotatable bonds is 4. The summed E-state index contributed by atoms with van der Waals surface area (Å²) < 4.78 is 17.8. The quantitative estimate of drug-likeness (QED) is 0.149. The first-order valence-corrected chi connectivity index (χ1v) is 23.0. The molecule has 4 N–H and O–H groups in total. The third kappa shape index (κ3) is 13.8. The number of esters is 1. The van der Waals surface area contributed by atoms with Crippen molar-refractivity contribution in [2.24, 2.45) is 35.5 Å². The maximum absolute atomic E-state index is 14.3. The average molecular weight is 870 g/mol. The van der Waals surface area contributed by atoms with Gasteiger partial charge in [0.15, 0.2) is 0 Å². The van der Waals surface area contributed by atoms with Gasteiger partial charge in [-0.3, -0.25) is 19.2 Å². The summed E-state index contributed by atoms with van der Waals surface area (Å²) in [4.78, 5) is 70.8. The summed E-state index contributed by atoms with van der Waals surface area (Å²) in [6.07, 6.45) is 11.3. The van der Waals surface area contributed by atoms with E-state index in [1.54, 1.807) is 53.0 Å². The second kappa shape index (κ2) is 23.6. The van der Waals surface area contributed by atoms with Crippen LogP contribution in [0.15, 0.2) is 47.6 Å². The number of piperidine rings is 1. The molecule has 0 aromatic carbocycles. The third-order valence-corrected chi connectivity index (χ3v) is 13.9. The number of cyclic esters (lactones) is 1. The fourth-order valence-corrected chi connectivity index (χ4v) is 9.51. The number of aliphatic hydroxyl groups is 4. The van der Waals surface area contributed by atoms with Crippen molar-refractivity contribution in [3.63, 3.8) is 0 Å². The summed E-state index contributed by atoms with van der Waals surface area (Å²) in [5, 5.41) is 44.4. The number of ether oxygens (including phenoxy) is 3. The molecule has 348 valence electrons. The molecule has 1 aliphatic carbocycles. The maximum Gasteiger partial charge on any atom is 0.329 e. The number of carbonyl (C=O) groups excluding carboxylic acids is 5. The minimum atomic E-state index is -2.47. The minimum Gasteiger partial charge on any atom is -0.460 e. The van der Waals surface area contributed by atoms with Gasteiger partial charge >= 0.3 is 5.97 Å². The normalized spacial score (nSPS) is 40.6. The number of allylic oxidation sites excluding steroid dienone is 6. The summed E-state index contributed by atoms with van der Waals surface area (Å²) in [7, 11) is 1.56. The lowest BCUT2D eigenvalue weighted by molar-refractivity contribution is -0.265. The van der Waals surface area contributed by atoms with Crippen LogP contribution < -0.4 is 0 Å². The molecule has 4 rings (SSSR count). The first-order chi connectivity index (χ1) is 29.2. The lowest BCUT2D eigenvalue weighted by Gasteiger charge is -2.42. The van der Waals surface area contributed by atoms with Crippen LogP contribution in [-0.4, -0.2) is 117 Å². The van der Waals surface area contributed by atoms with Crippen LogP contribution >= 0.6 is 0 Å². The second-order valence-corrected chi connectivity index (χ2v) is 19.1. The standard InChI is InChI=1S/C49H75NO12/c1-29-14-10-9-11-15-30(2)40(52)26-37-19-17-35(7)49(59,62-37)46(56)47(57)50-21-13-12-16-38(50)48(58)61-44(34(6)24-36-18-20-39(51)45(25-36)60-8)28-43(55)33(5)23-32(4)42(54)27-41(53)31(3)22-29/h9-11,14-15,23,29,31,33-40,42,44-45,51-52,54,59H,12-13,16-22,24-28H2,1-8H3/b11-9+,14-10+,30-15+,32-23+/t29-,31-,33+,34-,35-,36-,37+,38+,39+,40-,42-,44+,45+,49-/m1/s1. The first kappa shape index (κ1) is 51.3. The highest BCUT2D eigenvalue weighted by atomic mass is 16.6. The van der Waals surface area contributed by atoms with E-state index in [0.717, 1.165) is 6.42 Å². The maximum atomic E-state index is 14.3. The van der Waals surface area contributed by atoms with E-state index in [1.807, 2.05) is 39.0 Å². The molecular weight excluding hydrogens is 795 g/mol. The fraction of sp³-hybridized carbons (Fsp3) is 0.735. The lowest BCUT2D eigenvalue weighted by atomic mass is 9.78. The van der Waals surface area contributed by atoms with E-state index in [2.05, 4.69) is 0 Å². The molecule has 14 atom stereocenters. The summed E-state index contributed by atoms with van der Waals surface area (Å²) in [5.41, 5.74) is 1.12. The highest BCUT2D eigenvalue weighted by Crippen LogP contribution is 2.37. The molecule has 1 saturated carbocycles. The van der Waals surface area contributed by atoms with E-state index in [1.165, 1.54) is 4.90 Å². The van der Waals surface area contributed by atoms with Crippen LogP contribution in [0.1, 0.15) is 132 Å². The molecule has 0 spiro atoms. The Kier molecular flexibility index (Phi) is 19.5. The number of methoxy groups -OCH3 is 1.